The van der Waals surface area contributed by atoms with E-state index in [9.17, 15) is 9.90 Å². The first-order valence-electron chi connectivity index (χ1n) is 6.87. The molecule has 0 radical (unpaired) electrons. The van der Waals surface area contributed by atoms with Crippen LogP contribution in [0, 0.1) is 5.92 Å². The summed E-state index contributed by atoms with van der Waals surface area (Å²) in [6.07, 6.45) is -0.579. The smallest absolute Gasteiger partial charge is 0.332 e. The Morgan fingerprint density at radius 2 is 1.90 bits per heavy atom. The van der Waals surface area contributed by atoms with Gasteiger partial charge in [-0.1, -0.05) is 39.7 Å². The van der Waals surface area contributed by atoms with E-state index in [2.05, 4.69) is 10.0 Å². The second-order valence-corrected chi connectivity index (χ2v) is 11.8. The Bertz CT molecular complexity index is 385. The lowest BCUT2D eigenvalue weighted by Gasteiger charge is -2.39. The van der Waals surface area contributed by atoms with Gasteiger partial charge in [-0.25, -0.2) is 4.79 Å². The van der Waals surface area contributed by atoms with Gasteiger partial charge in [0.1, 0.15) is 0 Å². The fraction of sp³-hybridized carbons (Fsp3) is 0.923. The number of carboxylic acids is 1. The van der Waals surface area contributed by atoms with Gasteiger partial charge in [-0.2, -0.15) is 0 Å². The largest absolute Gasteiger partial charge is 0.479 e. The maximum absolute atomic E-state index is 11.5. The van der Waals surface area contributed by atoms with Crippen LogP contribution in [0.3, 0.4) is 0 Å². The molecule has 0 amide bonds. The van der Waals surface area contributed by atoms with Crippen LogP contribution in [0.2, 0.25) is 18.1 Å². The van der Waals surface area contributed by atoms with Crippen LogP contribution in [0.25, 0.3) is 10.4 Å². The Morgan fingerprint density at radius 1 is 1.40 bits per heavy atom. The highest BCUT2D eigenvalue weighted by molar-refractivity contribution is 6.74. The van der Waals surface area contributed by atoms with E-state index in [0.29, 0.717) is 6.42 Å². The molecule has 0 aliphatic rings. The fourth-order valence-electron chi connectivity index (χ4n) is 1.57. The third kappa shape index (κ3) is 5.52. The van der Waals surface area contributed by atoms with E-state index in [1.54, 1.807) is 0 Å². The number of rotatable bonds is 7. The summed E-state index contributed by atoms with van der Waals surface area (Å²) in [5.74, 6) is -0.830. The van der Waals surface area contributed by atoms with Crippen LogP contribution < -0.4 is 0 Å². The highest BCUT2D eigenvalue weighted by Gasteiger charge is 2.42. The molecule has 6 nitrogen and oxygen atoms in total. The molecular formula is C13H27N3O3Si. The third-order valence-corrected chi connectivity index (χ3v) is 8.19. The van der Waals surface area contributed by atoms with E-state index in [1.165, 1.54) is 0 Å². The molecule has 0 spiro atoms. The fourth-order valence-corrected chi connectivity index (χ4v) is 2.81. The minimum Gasteiger partial charge on any atom is -0.479 e. The normalized spacial score (nSPS) is 15.6. The summed E-state index contributed by atoms with van der Waals surface area (Å²) in [6.45, 7) is 14.0. The highest BCUT2D eigenvalue weighted by Crippen LogP contribution is 2.38. The zero-order valence-corrected chi connectivity index (χ0v) is 14.5. The Hall–Kier alpha value is -1.04. The second kappa shape index (κ2) is 7.11. The molecular weight excluding hydrogens is 274 g/mol. The van der Waals surface area contributed by atoms with Crippen LogP contribution in [0.15, 0.2) is 5.11 Å². The van der Waals surface area contributed by atoms with Crippen LogP contribution in [0.1, 0.15) is 41.0 Å². The lowest BCUT2D eigenvalue weighted by atomic mass is 10.00. The maximum Gasteiger partial charge on any atom is 0.332 e. The number of hydrogen-bond donors (Lipinski definition) is 1. The molecule has 1 N–H and O–H groups in total. The van der Waals surface area contributed by atoms with Crippen LogP contribution in [-0.2, 0) is 9.22 Å². The Labute approximate surface area is 122 Å². The molecule has 0 bridgehead atoms. The molecule has 0 saturated heterocycles. The summed E-state index contributed by atoms with van der Waals surface area (Å²) in [6, 6.07) is -0.674. The molecule has 0 aromatic rings. The van der Waals surface area contributed by atoms with E-state index >= 15 is 0 Å². The summed E-state index contributed by atoms with van der Waals surface area (Å²) in [5.41, 5.74) is 8.66. The lowest BCUT2D eigenvalue weighted by molar-refractivity contribution is -0.146. The first kappa shape index (κ1) is 19.0. The first-order chi connectivity index (χ1) is 8.92. The summed E-state index contributed by atoms with van der Waals surface area (Å²) in [5, 5.41) is 13.0. The van der Waals surface area contributed by atoms with E-state index < -0.39 is 26.4 Å². The molecule has 0 rings (SSSR count). The summed E-state index contributed by atoms with van der Waals surface area (Å²) >= 11 is 0. The van der Waals surface area contributed by atoms with Crippen molar-refractivity contribution in [2.24, 2.45) is 11.0 Å². The van der Waals surface area contributed by atoms with Crippen molar-refractivity contribution in [2.75, 3.05) is 0 Å². The number of carboxylic acid groups (broad SMARTS) is 1. The average Bonchev–Trinajstić information content (AvgIpc) is 2.22. The molecule has 0 heterocycles. The number of azide groups is 1. The van der Waals surface area contributed by atoms with E-state index in [0.717, 1.165) is 0 Å². The maximum atomic E-state index is 11.5. The standard InChI is InChI=1S/C13H27N3O3Si/c1-9(2)8-10(15-16-14)11(12(17)18)19-20(6,7)13(3,4)5/h9-11H,8H2,1-7H3,(H,17,18)/t10-,11-/m1/s1. The molecule has 0 aliphatic heterocycles. The van der Waals surface area contributed by atoms with Gasteiger partial charge in [0.25, 0.3) is 0 Å². The molecule has 0 fully saturated rings. The molecule has 0 aromatic heterocycles. The Balaban J connectivity index is 5.32. The van der Waals surface area contributed by atoms with Gasteiger partial charge in [0.05, 0.1) is 6.04 Å². The van der Waals surface area contributed by atoms with E-state index in [1.807, 2.05) is 47.7 Å². The third-order valence-electron chi connectivity index (χ3n) is 3.73. The van der Waals surface area contributed by atoms with Gasteiger partial charge in [0, 0.05) is 4.91 Å². The van der Waals surface area contributed by atoms with Crippen molar-refractivity contribution >= 4 is 14.3 Å². The summed E-state index contributed by atoms with van der Waals surface area (Å²) in [4.78, 5) is 14.3. The molecule has 0 aliphatic carbocycles. The molecule has 7 heteroatoms. The van der Waals surface area contributed by atoms with Gasteiger partial charge in [-0.05, 0) is 36.0 Å². The second-order valence-electron chi connectivity index (χ2n) is 7.04. The predicted molar refractivity (Wildman–Crippen MR) is 82.1 cm³/mol. The topological polar surface area (TPSA) is 95.3 Å². The average molecular weight is 301 g/mol. The van der Waals surface area contributed by atoms with Gasteiger partial charge >= 0.3 is 5.97 Å². The lowest BCUT2D eigenvalue weighted by Crippen LogP contribution is -2.49. The van der Waals surface area contributed by atoms with Gasteiger partial charge in [0.2, 0.25) is 0 Å². The van der Waals surface area contributed by atoms with Gasteiger partial charge in [0.15, 0.2) is 14.4 Å². The van der Waals surface area contributed by atoms with Crippen molar-refractivity contribution in [3.63, 3.8) is 0 Å². The van der Waals surface area contributed by atoms with Crippen molar-refractivity contribution in [2.45, 2.75) is 71.3 Å². The van der Waals surface area contributed by atoms with Gasteiger partial charge in [-0.3, -0.25) is 0 Å². The molecule has 0 saturated carbocycles. The van der Waals surface area contributed by atoms with Gasteiger partial charge in [-0.15, -0.1) is 0 Å². The van der Waals surface area contributed by atoms with Crippen molar-refractivity contribution in [1.82, 2.24) is 0 Å². The number of hydrogen-bond acceptors (Lipinski definition) is 3. The number of aliphatic carboxylic acids is 1. The van der Waals surface area contributed by atoms with Crippen molar-refractivity contribution in [3.05, 3.63) is 10.4 Å². The highest BCUT2D eigenvalue weighted by atomic mass is 28.4. The van der Waals surface area contributed by atoms with Crippen molar-refractivity contribution in [1.29, 1.82) is 0 Å². The van der Waals surface area contributed by atoms with Crippen LogP contribution in [0.5, 0.6) is 0 Å². The van der Waals surface area contributed by atoms with Crippen LogP contribution >= 0.6 is 0 Å². The Kier molecular flexibility index (Phi) is 6.73. The molecule has 116 valence electrons. The molecule has 0 aromatic carbocycles. The SMILES string of the molecule is CC(C)C[C@@H](N=[N+]=[N-])[C@@H](O[Si](C)(C)C(C)(C)C)C(=O)O. The van der Waals surface area contributed by atoms with E-state index in [4.69, 9.17) is 9.96 Å². The number of carbonyl (C=O) groups is 1. The first-order valence-corrected chi connectivity index (χ1v) is 9.78. The van der Waals surface area contributed by atoms with Crippen LogP contribution in [0.4, 0.5) is 0 Å². The Morgan fingerprint density at radius 3 is 2.20 bits per heavy atom. The quantitative estimate of drug-likeness (QED) is 0.330. The van der Waals surface area contributed by atoms with Crippen molar-refractivity contribution in [3.8, 4) is 0 Å². The van der Waals surface area contributed by atoms with Crippen LogP contribution in [-0.4, -0.2) is 31.5 Å². The predicted octanol–water partition coefficient (Wildman–Crippen LogP) is 4.19. The molecule has 20 heavy (non-hydrogen) atoms. The molecule has 0 unspecified atom stereocenters. The monoisotopic (exact) mass is 301 g/mol. The summed E-state index contributed by atoms with van der Waals surface area (Å²) < 4.78 is 5.95. The number of nitrogens with zero attached hydrogens (tertiary/aromatic N) is 3. The zero-order chi connectivity index (χ0) is 16.1. The molecule has 2 atom stereocenters. The van der Waals surface area contributed by atoms with Gasteiger partial charge < -0.3 is 9.53 Å². The zero-order valence-electron chi connectivity index (χ0n) is 13.5. The summed E-state index contributed by atoms with van der Waals surface area (Å²) in [7, 11) is -2.24. The minimum absolute atomic E-state index is 0.0978. The minimum atomic E-state index is -2.24. The van der Waals surface area contributed by atoms with E-state index in [-0.39, 0.29) is 11.0 Å². The van der Waals surface area contributed by atoms with Crippen molar-refractivity contribution < 1.29 is 14.3 Å².